The highest BCUT2D eigenvalue weighted by Crippen LogP contribution is 2.30. The number of nitrogens with zero attached hydrogens (tertiary/aromatic N) is 1. The molecule has 1 N–H and O–H groups in total. The number of benzene rings is 1. The number of hydrogen-bond acceptors (Lipinski definition) is 4. The summed E-state index contributed by atoms with van der Waals surface area (Å²) in [5, 5.41) is 4.62. The van der Waals surface area contributed by atoms with Gasteiger partial charge in [-0.15, -0.1) is 0 Å². The number of thioether (sulfide) groups is 1. The van der Waals surface area contributed by atoms with Crippen LogP contribution in [0.1, 0.15) is 12.8 Å². The van der Waals surface area contributed by atoms with E-state index in [1.54, 1.807) is 11.3 Å². The Balaban J connectivity index is 1.80. The van der Waals surface area contributed by atoms with Crippen LogP contribution in [0.15, 0.2) is 22.7 Å². The van der Waals surface area contributed by atoms with Gasteiger partial charge < -0.3 is 5.32 Å². The molecule has 17 heavy (non-hydrogen) atoms. The van der Waals surface area contributed by atoms with Crippen molar-refractivity contribution in [1.82, 2.24) is 4.98 Å². The molecule has 0 saturated carbocycles. The van der Waals surface area contributed by atoms with Gasteiger partial charge in [-0.2, -0.15) is 11.8 Å². The van der Waals surface area contributed by atoms with Gasteiger partial charge in [0, 0.05) is 16.3 Å². The van der Waals surface area contributed by atoms with Gasteiger partial charge in [0.1, 0.15) is 0 Å². The second-order valence-electron chi connectivity index (χ2n) is 4.19. The van der Waals surface area contributed by atoms with Crippen molar-refractivity contribution in [1.29, 1.82) is 0 Å². The molecule has 1 aromatic heterocycles. The van der Waals surface area contributed by atoms with Crippen LogP contribution in [-0.2, 0) is 0 Å². The monoisotopic (exact) mass is 328 g/mol. The molecular formula is C12H13BrN2S2. The van der Waals surface area contributed by atoms with E-state index in [1.807, 2.05) is 17.8 Å². The minimum atomic E-state index is 0.595. The molecule has 2 heterocycles. The molecule has 2 aromatic rings. The van der Waals surface area contributed by atoms with Crippen molar-refractivity contribution in [2.24, 2.45) is 0 Å². The summed E-state index contributed by atoms with van der Waals surface area (Å²) in [6, 6.07) is 6.84. The number of thiazole rings is 1. The van der Waals surface area contributed by atoms with E-state index < -0.39 is 0 Å². The maximum absolute atomic E-state index is 4.63. The minimum absolute atomic E-state index is 0.595. The van der Waals surface area contributed by atoms with E-state index in [9.17, 15) is 0 Å². The van der Waals surface area contributed by atoms with Crippen LogP contribution in [0.25, 0.3) is 10.2 Å². The Morgan fingerprint density at radius 1 is 1.41 bits per heavy atom. The fraction of sp³-hybridized carbons (Fsp3) is 0.417. The Bertz CT molecular complexity index is 520. The second-order valence-corrected chi connectivity index (χ2v) is 7.29. The number of halogens is 1. The zero-order chi connectivity index (χ0) is 11.7. The first-order chi connectivity index (χ1) is 8.31. The zero-order valence-electron chi connectivity index (χ0n) is 9.28. The Morgan fingerprint density at radius 3 is 3.18 bits per heavy atom. The molecule has 0 radical (unpaired) electrons. The summed E-state index contributed by atoms with van der Waals surface area (Å²) in [4.78, 5) is 4.63. The first-order valence-corrected chi connectivity index (χ1v) is 8.48. The SMILES string of the molecule is Brc1ccc2nc(NC3CCCSC3)sc2c1. The second kappa shape index (κ2) is 5.16. The van der Waals surface area contributed by atoms with Crippen molar-refractivity contribution >= 4 is 54.4 Å². The number of aromatic nitrogens is 1. The predicted octanol–water partition coefficient (Wildman–Crippen LogP) is 4.37. The van der Waals surface area contributed by atoms with Crippen LogP contribution in [0.4, 0.5) is 5.13 Å². The number of fused-ring (bicyclic) bond motifs is 1. The van der Waals surface area contributed by atoms with Crippen LogP contribution in [-0.4, -0.2) is 22.5 Å². The molecule has 1 atom stereocenters. The van der Waals surface area contributed by atoms with Crippen LogP contribution >= 0.6 is 39.0 Å². The molecule has 5 heteroatoms. The molecule has 0 bridgehead atoms. The van der Waals surface area contributed by atoms with Crippen molar-refractivity contribution in [3.8, 4) is 0 Å². The van der Waals surface area contributed by atoms with Gasteiger partial charge in [0.15, 0.2) is 5.13 Å². The average Bonchev–Trinajstić information content (AvgIpc) is 2.71. The quantitative estimate of drug-likeness (QED) is 0.886. The Morgan fingerprint density at radius 2 is 2.35 bits per heavy atom. The van der Waals surface area contributed by atoms with Crippen molar-refractivity contribution in [3.05, 3.63) is 22.7 Å². The van der Waals surface area contributed by atoms with Gasteiger partial charge in [-0.25, -0.2) is 4.98 Å². The third-order valence-electron chi connectivity index (χ3n) is 2.84. The van der Waals surface area contributed by atoms with Crippen LogP contribution in [0.5, 0.6) is 0 Å². The summed E-state index contributed by atoms with van der Waals surface area (Å²) in [6.45, 7) is 0. The average molecular weight is 329 g/mol. The number of hydrogen-bond donors (Lipinski definition) is 1. The number of nitrogens with one attached hydrogen (secondary N) is 1. The summed E-state index contributed by atoms with van der Waals surface area (Å²) in [5.74, 6) is 2.52. The summed E-state index contributed by atoms with van der Waals surface area (Å²) in [6.07, 6.45) is 2.59. The van der Waals surface area contributed by atoms with E-state index in [4.69, 9.17) is 0 Å². The largest absolute Gasteiger partial charge is 0.358 e. The lowest BCUT2D eigenvalue weighted by Crippen LogP contribution is -2.25. The molecule has 1 saturated heterocycles. The van der Waals surface area contributed by atoms with E-state index in [-0.39, 0.29) is 0 Å². The lowest BCUT2D eigenvalue weighted by Gasteiger charge is -2.21. The summed E-state index contributed by atoms with van der Waals surface area (Å²) in [5.41, 5.74) is 1.09. The maximum Gasteiger partial charge on any atom is 0.184 e. The molecule has 1 aromatic carbocycles. The molecule has 3 rings (SSSR count). The Hall–Kier alpha value is -0.260. The van der Waals surface area contributed by atoms with Crippen molar-refractivity contribution in [3.63, 3.8) is 0 Å². The van der Waals surface area contributed by atoms with E-state index >= 15 is 0 Å². The molecule has 1 aliphatic rings. The molecule has 1 fully saturated rings. The van der Waals surface area contributed by atoms with Gasteiger partial charge in [0.05, 0.1) is 10.2 Å². The fourth-order valence-electron chi connectivity index (χ4n) is 1.99. The van der Waals surface area contributed by atoms with E-state index in [0.717, 1.165) is 15.1 Å². The van der Waals surface area contributed by atoms with Crippen molar-refractivity contribution < 1.29 is 0 Å². The molecule has 2 nitrogen and oxygen atoms in total. The Labute approximate surface area is 117 Å². The van der Waals surface area contributed by atoms with Gasteiger partial charge in [-0.05, 0) is 36.8 Å². The van der Waals surface area contributed by atoms with Gasteiger partial charge >= 0.3 is 0 Å². The van der Waals surface area contributed by atoms with E-state index in [2.05, 4.69) is 38.4 Å². The first-order valence-electron chi connectivity index (χ1n) is 5.71. The number of anilines is 1. The van der Waals surface area contributed by atoms with E-state index in [0.29, 0.717) is 6.04 Å². The molecule has 0 amide bonds. The lowest BCUT2D eigenvalue weighted by atomic mass is 10.2. The third kappa shape index (κ3) is 2.77. The topological polar surface area (TPSA) is 24.9 Å². The highest BCUT2D eigenvalue weighted by Gasteiger charge is 2.15. The molecule has 0 aliphatic carbocycles. The fourth-order valence-corrected chi connectivity index (χ4v) is 4.56. The number of rotatable bonds is 2. The van der Waals surface area contributed by atoms with Crippen molar-refractivity contribution in [2.45, 2.75) is 18.9 Å². The van der Waals surface area contributed by atoms with Crippen LogP contribution in [0.3, 0.4) is 0 Å². The van der Waals surface area contributed by atoms with Crippen LogP contribution in [0, 0.1) is 0 Å². The normalized spacial score (nSPS) is 20.6. The van der Waals surface area contributed by atoms with E-state index in [1.165, 1.54) is 29.0 Å². The van der Waals surface area contributed by atoms with Gasteiger partial charge in [-0.1, -0.05) is 27.3 Å². The lowest BCUT2D eigenvalue weighted by molar-refractivity contribution is 0.685. The molecule has 90 valence electrons. The van der Waals surface area contributed by atoms with Crippen molar-refractivity contribution in [2.75, 3.05) is 16.8 Å². The standard InChI is InChI=1S/C12H13BrN2S2/c13-8-3-4-10-11(6-8)17-12(15-10)14-9-2-1-5-16-7-9/h3-4,6,9H,1-2,5,7H2,(H,14,15). The van der Waals surface area contributed by atoms with Gasteiger partial charge in [0.2, 0.25) is 0 Å². The first kappa shape index (κ1) is 11.8. The van der Waals surface area contributed by atoms with Crippen LogP contribution < -0.4 is 5.32 Å². The smallest absolute Gasteiger partial charge is 0.184 e. The third-order valence-corrected chi connectivity index (χ3v) is 5.50. The van der Waals surface area contributed by atoms with Gasteiger partial charge in [0.25, 0.3) is 0 Å². The highest BCUT2D eigenvalue weighted by atomic mass is 79.9. The Kier molecular flexibility index (Phi) is 3.59. The summed E-state index contributed by atoms with van der Waals surface area (Å²) in [7, 11) is 0. The predicted molar refractivity (Wildman–Crippen MR) is 81.3 cm³/mol. The zero-order valence-corrected chi connectivity index (χ0v) is 12.5. The summed E-state index contributed by atoms with van der Waals surface area (Å²) >= 11 is 7.28. The molecular weight excluding hydrogens is 316 g/mol. The highest BCUT2D eigenvalue weighted by molar-refractivity contribution is 9.10. The molecule has 0 spiro atoms. The molecule has 1 aliphatic heterocycles. The minimum Gasteiger partial charge on any atom is -0.358 e. The molecule has 1 unspecified atom stereocenters. The maximum atomic E-state index is 4.63. The summed E-state index contributed by atoms with van der Waals surface area (Å²) < 4.78 is 2.36. The van der Waals surface area contributed by atoms with Gasteiger partial charge in [-0.3, -0.25) is 0 Å². The van der Waals surface area contributed by atoms with Crippen LogP contribution in [0.2, 0.25) is 0 Å².